The molecule has 1 aliphatic heterocycles. The van der Waals surface area contributed by atoms with E-state index in [1.807, 2.05) is 6.92 Å². The highest BCUT2D eigenvalue weighted by Crippen LogP contribution is 2.17. The van der Waals surface area contributed by atoms with Crippen LogP contribution in [0.4, 0.5) is 0 Å². The molecule has 0 N–H and O–H groups in total. The van der Waals surface area contributed by atoms with Crippen molar-refractivity contribution in [1.82, 2.24) is 14.7 Å². The van der Waals surface area contributed by atoms with Gasteiger partial charge in [0.15, 0.2) is 12.3 Å². The van der Waals surface area contributed by atoms with Crippen LogP contribution in [0.3, 0.4) is 0 Å². The van der Waals surface area contributed by atoms with Gasteiger partial charge in [-0.25, -0.2) is 9.48 Å². The van der Waals surface area contributed by atoms with E-state index >= 15 is 0 Å². The lowest BCUT2D eigenvalue weighted by molar-refractivity contribution is -0.136. The number of carbonyl (C=O) groups excluding carboxylic acids is 2. The first kappa shape index (κ1) is 20.0. The van der Waals surface area contributed by atoms with Crippen molar-refractivity contribution >= 4 is 22.6 Å². The molecule has 0 spiro atoms. The fraction of sp³-hybridized carbons (Fsp3) is 0.524. The van der Waals surface area contributed by atoms with E-state index < -0.39 is 5.97 Å². The highest BCUT2D eigenvalue weighted by molar-refractivity contribution is 6.02. The van der Waals surface area contributed by atoms with Crippen molar-refractivity contribution in [3.05, 3.63) is 40.3 Å². The number of carbonyl (C=O) groups is 2. The van der Waals surface area contributed by atoms with Crippen molar-refractivity contribution < 1.29 is 14.3 Å². The summed E-state index contributed by atoms with van der Waals surface area (Å²) in [6.45, 7) is 5.65. The van der Waals surface area contributed by atoms with Gasteiger partial charge in [-0.05, 0) is 31.2 Å². The van der Waals surface area contributed by atoms with E-state index in [1.54, 1.807) is 29.2 Å². The van der Waals surface area contributed by atoms with Gasteiger partial charge in [-0.15, -0.1) is 0 Å². The van der Waals surface area contributed by atoms with Gasteiger partial charge in [0.2, 0.25) is 0 Å². The Morgan fingerprint density at radius 1 is 1.25 bits per heavy atom. The zero-order valence-electron chi connectivity index (χ0n) is 16.5. The molecule has 0 aliphatic carbocycles. The molecule has 1 unspecified atom stereocenters. The Morgan fingerprint density at radius 3 is 2.71 bits per heavy atom. The predicted molar refractivity (Wildman–Crippen MR) is 106 cm³/mol. The number of amides is 1. The summed E-state index contributed by atoms with van der Waals surface area (Å²) in [4.78, 5) is 39.4. The maximum absolute atomic E-state index is 12.7. The average molecular weight is 385 g/mol. The molecular formula is C21H27N3O4. The lowest BCUT2D eigenvalue weighted by Crippen LogP contribution is -2.41. The van der Waals surface area contributed by atoms with Crippen LogP contribution in [0.2, 0.25) is 0 Å². The summed E-state index contributed by atoms with van der Waals surface area (Å²) in [7, 11) is 0. The minimum atomic E-state index is -0.681. The van der Waals surface area contributed by atoms with Gasteiger partial charge < -0.3 is 9.64 Å². The van der Waals surface area contributed by atoms with Crippen LogP contribution < -0.4 is 5.56 Å². The van der Waals surface area contributed by atoms with Gasteiger partial charge in [-0.3, -0.25) is 9.59 Å². The average Bonchev–Trinajstić information content (AvgIpc) is 2.71. The van der Waals surface area contributed by atoms with Gasteiger partial charge in [-0.2, -0.15) is 5.10 Å². The normalized spacial score (nSPS) is 16.9. The fourth-order valence-corrected chi connectivity index (χ4v) is 3.55. The van der Waals surface area contributed by atoms with Gasteiger partial charge in [0.05, 0.1) is 5.39 Å². The van der Waals surface area contributed by atoms with Crippen LogP contribution in [0, 0.1) is 5.92 Å². The van der Waals surface area contributed by atoms with Crippen molar-refractivity contribution in [2.75, 3.05) is 19.7 Å². The Bertz CT molecular complexity index is 921. The molecule has 28 heavy (non-hydrogen) atoms. The number of hydrogen-bond acceptors (Lipinski definition) is 5. The topological polar surface area (TPSA) is 81.5 Å². The molecule has 1 fully saturated rings. The number of rotatable bonds is 6. The zero-order valence-corrected chi connectivity index (χ0v) is 16.5. The number of ether oxygens (including phenoxy) is 1. The predicted octanol–water partition coefficient (Wildman–Crippen LogP) is 2.61. The lowest BCUT2D eigenvalue weighted by atomic mass is 10.0. The van der Waals surface area contributed by atoms with E-state index in [2.05, 4.69) is 12.0 Å². The van der Waals surface area contributed by atoms with Crippen molar-refractivity contribution in [2.45, 2.75) is 46.1 Å². The molecule has 7 heteroatoms. The standard InChI is InChI=1S/C21H27N3O4/c1-3-4-12-24-20(26)17-10-6-5-9-16(17)19(22-24)21(27)28-14-18(25)23-11-7-8-15(2)13-23/h5-6,9-10,15H,3-4,7-8,11-14H2,1-2H3. The van der Waals surface area contributed by atoms with Crippen LogP contribution in [-0.2, 0) is 16.1 Å². The molecule has 1 amide bonds. The highest BCUT2D eigenvalue weighted by atomic mass is 16.5. The van der Waals surface area contributed by atoms with Crippen molar-refractivity contribution in [3.8, 4) is 0 Å². The number of benzene rings is 1. The summed E-state index contributed by atoms with van der Waals surface area (Å²) in [5.41, 5.74) is -0.148. The Hall–Kier alpha value is -2.70. The Balaban J connectivity index is 1.79. The molecule has 0 radical (unpaired) electrons. The van der Waals surface area contributed by atoms with Crippen LogP contribution in [0.15, 0.2) is 29.1 Å². The van der Waals surface area contributed by atoms with Crippen LogP contribution in [0.5, 0.6) is 0 Å². The fourth-order valence-electron chi connectivity index (χ4n) is 3.55. The molecule has 1 aliphatic rings. The van der Waals surface area contributed by atoms with E-state index in [0.717, 1.165) is 25.7 Å². The summed E-state index contributed by atoms with van der Waals surface area (Å²) >= 11 is 0. The van der Waals surface area contributed by atoms with Crippen LogP contribution >= 0.6 is 0 Å². The molecule has 1 aromatic heterocycles. The summed E-state index contributed by atoms with van der Waals surface area (Å²) in [6, 6.07) is 6.86. The number of hydrogen-bond donors (Lipinski definition) is 0. The lowest BCUT2D eigenvalue weighted by Gasteiger charge is -2.30. The molecule has 0 bridgehead atoms. The first-order valence-corrected chi connectivity index (χ1v) is 9.96. The number of aromatic nitrogens is 2. The Labute approximate surface area is 164 Å². The molecule has 1 aromatic carbocycles. The second kappa shape index (κ2) is 8.99. The quantitative estimate of drug-likeness (QED) is 0.714. The number of esters is 1. The minimum absolute atomic E-state index is 0.0751. The van der Waals surface area contributed by atoms with Gasteiger partial charge in [0.1, 0.15) is 0 Å². The highest BCUT2D eigenvalue weighted by Gasteiger charge is 2.23. The molecule has 1 saturated heterocycles. The number of nitrogens with zero attached hydrogens (tertiary/aromatic N) is 3. The number of aryl methyl sites for hydroxylation is 1. The zero-order chi connectivity index (χ0) is 20.1. The molecule has 1 atom stereocenters. The molecular weight excluding hydrogens is 358 g/mol. The number of unbranched alkanes of at least 4 members (excludes halogenated alkanes) is 1. The second-order valence-electron chi connectivity index (χ2n) is 7.44. The maximum Gasteiger partial charge on any atom is 0.359 e. The monoisotopic (exact) mass is 385 g/mol. The van der Waals surface area contributed by atoms with Gasteiger partial charge in [0, 0.05) is 25.0 Å². The third-order valence-electron chi connectivity index (χ3n) is 5.12. The molecule has 0 saturated carbocycles. The Kier molecular flexibility index (Phi) is 6.44. The third-order valence-corrected chi connectivity index (χ3v) is 5.12. The first-order chi connectivity index (χ1) is 13.5. The molecule has 2 heterocycles. The smallest absolute Gasteiger partial charge is 0.359 e. The largest absolute Gasteiger partial charge is 0.451 e. The van der Waals surface area contributed by atoms with Crippen LogP contribution in [0.25, 0.3) is 10.8 Å². The number of piperidine rings is 1. The third kappa shape index (κ3) is 4.40. The molecule has 3 rings (SSSR count). The van der Waals surface area contributed by atoms with Crippen molar-refractivity contribution in [1.29, 1.82) is 0 Å². The number of fused-ring (bicyclic) bond motifs is 1. The van der Waals surface area contributed by atoms with E-state index in [4.69, 9.17) is 4.74 Å². The Morgan fingerprint density at radius 2 is 2.00 bits per heavy atom. The van der Waals surface area contributed by atoms with Crippen molar-refractivity contribution in [2.24, 2.45) is 5.92 Å². The van der Waals surface area contributed by atoms with Crippen LogP contribution in [-0.4, -0.2) is 46.3 Å². The second-order valence-corrected chi connectivity index (χ2v) is 7.44. The minimum Gasteiger partial charge on any atom is -0.451 e. The van der Waals surface area contributed by atoms with Gasteiger partial charge in [-0.1, -0.05) is 38.5 Å². The van der Waals surface area contributed by atoms with Gasteiger partial charge >= 0.3 is 5.97 Å². The SMILES string of the molecule is CCCCn1nc(C(=O)OCC(=O)N2CCCC(C)C2)c2ccccc2c1=O. The molecule has 150 valence electrons. The van der Waals surface area contributed by atoms with E-state index in [9.17, 15) is 14.4 Å². The van der Waals surface area contributed by atoms with E-state index in [1.165, 1.54) is 4.68 Å². The first-order valence-electron chi connectivity index (χ1n) is 9.96. The summed E-state index contributed by atoms with van der Waals surface area (Å²) in [5, 5.41) is 5.12. The van der Waals surface area contributed by atoms with Crippen LogP contribution in [0.1, 0.15) is 50.0 Å². The summed E-state index contributed by atoms with van der Waals surface area (Å²) < 4.78 is 6.59. The van der Waals surface area contributed by atoms with Gasteiger partial charge in [0.25, 0.3) is 11.5 Å². The number of likely N-dealkylation sites (tertiary alicyclic amines) is 1. The molecule has 2 aromatic rings. The summed E-state index contributed by atoms with van der Waals surface area (Å²) in [6.07, 6.45) is 3.77. The van der Waals surface area contributed by atoms with E-state index in [0.29, 0.717) is 36.3 Å². The maximum atomic E-state index is 12.7. The summed E-state index contributed by atoms with van der Waals surface area (Å²) in [5.74, 6) is -0.412. The molecule has 7 nitrogen and oxygen atoms in total. The van der Waals surface area contributed by atoms with Crippen molar-refractivity contribution in [3.63, 3.8) is 0 Å². The van der Waals surface area contributed by atoms with E-state index in [-0.39, 0.29) is 23.8 Å².